The first-order chi connectivity index (χ1) is 6.79. The Morgan fingerprint density at radius 2 is 2.29 bits per heavy atom. The predicted octanol–water partition coefficient (Wildman–Crippen LogP) is 1.92. The van der Waals surface area contributed by atoms with Crippen LogP contribution in [0.1, 0.15) is 5.69 Å². The molecular weight excluding hydrogens is 198 g/mol. The van der Waals surface area contributed by atoms with Gasteiger partial charge in [-0.3, -0.25) is 0 Å². The summed E-state index contributed by atoms with van der Waals surface area (Å²) in [5.41, 5.74) is 1.85. The molecule has 0 amide bonds. The average Bonchev–Trinajstić information content (AvgIpc) is 2.65. The molecular formula is C9H9N3OS. The Balaban J connectivity index is 2.41. The van der Waals surface area contributed by atoms with E-state index < -0.39 is 0 Å². The summed E-state index contributed by atoms with van der Waals surface area (Å²) in [7, 11) is 1.55. The molecule has 0 atom stereocenters. The number of aryl methyl sites for hydroxylation is 1. The van der Waals surface area contributed by atoms with Gasteiger partial charge in [0.15, 0.2) is 0 Å². The second kappa shape index (κ2) is 3.71. The van der Waals surface area contributed by atoms with Gasteiger partial charge >= 0.3 is 6.01 Å². The van der Waals surface area contributed by atoms with Crippen molar-refractivity contribution < 1.29 is 4.74 Å². The maximum absolute atomic E-state index is 4.95. The summed E-state index contributed by atoms with van der Waals surface area (Å²) >= 11 is 1.43. The van der Waals surface area contributed by atoms with Gasteiger partial charge in [-0.1, -0.05) is 0 Å². The molecule has 0 saturated heterocycles. The van der Waals surface area contributed by atoms with Crippen LogP contribution >= 0.6 is 11.5 Å². The maximum Gasteiger partial charge on any atom is 0.316 e. The first-order valence-corrected chi connectivity index (χ1v) is 4.87. The van der Waals surface area contributed by atoms with Crippen LogP contribution in [0.3, 0.4) is 0 Å². The van der Waals surface area contributed by atoms with Crippen molar-refractivity contribution in [1.82, 2.24) is 14.3 Å². The van der Waals surface area contributed by atoms with E-state index in [0.717, 1.165) is 16.3 Å². The Labute approximate surface area is 85.8 Å². The third-order valence-electron chi connectivity index (χ3n) is 1.70. The molecule has 0 aromatic carbocycles. The van der Waals surface area contributed by atoms with Crippen molar-refractivity contribution in [2.45, 2.75) is 6.92 Å². The number of ether oxygens (including phenoxy) is 1. The number of nitrogens with zero attached hydrogens (tertiary/aromatic N) is 3. The number of hydrogen-bond donors (Lipinski definition) is 0. The molecule has 2 aromatic rings. The third kappa shape index (κ3) is 1.72. The van der Waals surface area contributed by atoms with Crippen LogP contribution in [0.4, 0.5) is 0 Å². The smallest absolute Gasteiger partial charge is 0.316 e. The van der Waals surface area contributed by atoms with E-state index >= 15 is 0 Å². The molecule has 2 heterocycles. The minimum absolute atomic E-state index is 0.383. The van der Waals surface area contributed by atoms with Crippen molar-refractivity contribution in [1.29, 1.82) is 0 Å². The molecule has 0 radical (unpaired) electrons. The molecule has 14 heavy (non-hydrogen) atoms. The van der Waals surface area contributed by atoms with Gasteiger partial charge in [-0.25, -0.2) is 4.98 Å². The zero-order valence-corrected chi connectivity index (χ0v) is 8.71. The van der Waals surface area contributed by atoms with E-state index in [1.165, 1.54) is 11.5 Å². The number of aromatic nitrogens is 3. The van der Waals surface area contributed by atoms with Gasteiger partial charge in [0.05, 0.1) is 23.4 Å². The second-order valence-corrected chi connectivity index (χ2v) is 3.57. The van der Waals surface area contributed by atoms with Crippen LogP contribution in [0.5, 0.6) is 6.01 Å². The quantitative estimate of drug-likeness (QED) is 0.754. The molecule has 72 valence electrons. The van der Waals surface area contributed by atoms with Crippen LogP contribution < -0.4 is 4.74 Å². The SMILES string of the molecule is COc1nccc(-c2cc(C)ns2)n1. The van der Waals surface area contributed by atoms with Crippen molar-refractivity contribution >= 4 is 11.5 Å². The highest BCUT2D eigenvalue weighted by molar-refractivity contribution is 7.09. The summed E-state index contributed by atoms with van der Waals surface area (Å²) in [6.45, 7) is 1.96. The molecule has 0 unspecified atom stereocenters. The van der Waals surface area contributed by atoms with Gasteiger partial charge in [0, 0.05) is 6.20 Å². The second-order valence-electron chi connectivity index (χ2n) is 2.76. The lowest BCUT2D eigenvalue weighted by molar-refractivity contribution is 0.380. The van der Waals surface area contributed by atoms with Gasteiger partial charge in [0.2, 0.25) is 0 Å². The zero-order chi connectivity index (χ0) is 9.97. The fourth-order valence-corrected chi connectivity index (χ4v) is 1.79. The number of hydrogen-bond acceptors (Lipinski definition) is 5. The summed E-state index contributed by atoms with van der Waals surface area (Å²) in [5, 5.41) is 0. The van der Waals surface area contributed by atoms with E-state index in [9.17, 15) is 0 Å². The van der Waals surface area contributed by atoms with Gasteiger partial charge in [-0.15, -0.1) is 0 Å². The monoisotopic (exact) mass is 207 g/mol. The molecule has 2 rings (SSSR count). The lowest BCUT2D eigenvalue weighted by Gasteiger charge is -1.98. The van der Waals surface area contributed by atoms with Crippen LogP contribution in [0.25, 0.3) is 10.6 Å². The highest BCUT2D eigenvalue weighted by Gasteiger charge is 2.04. The Hall–Kier alpha value is -1.49. The van der Waals surface area contributed by atoms with Crippen molar-refractivity contribution in [3.63, 3.8) is 0 Å². The van der Waals surface area contributed by atoms with Crippen LogP contribution in [0.2, 0.25) is 0 Å². The Morgan fingerprint density at radius 1 is 1.43 bits per heavy atom. The minimum atomic E-state index is 0.383. The van der Waals surface area contributed by atoms with E-state index in [4.69, 9.17) is 4.74 Å². The summed E-state index contributed by atoms with van der Waals surface area (Å²) < 4.78 is 9.13. The van der Waals surface area contributed by atoms with E-state index in [0.29, 0.717) is 6.01 Å². The van der Waals surface area contributed by atoms with Gasteiger partial charge in [0.1, 0.15) is 0 Å². The van der Waals surface area contributed by atoms with Crippen LogP contribution in [0, 0.1) is 6.92 Å². The Bertz CT molecular complexity index is 441. The molecule has 0 bridgehead atoms. The first-order valence-electron chi connectivity index (χ1n) is 4.10. The molecule has 0 aliphatic carbocycles. The number of rotatable bonds is 2. The van der Waals surface area contributed by atoms with E-state index in [2.05, 4.69) is 14.3 Å². The molecule has 4 nitrogen and oxygen atoms in total. The van der Waals surface area contributed by atoms with Crippen molar-refractivity contribution in [2.75, 3.05) is 7.11 Å². The molecule has 2 aromatic heterocycles. The van der Waals surface area contributed by atoms with Gasteiger partial charge in [-0.05, 0) is 30.6 Å². The van der Waals surface area contributed by atoms with Crippen LogP contribution in [-0.2, 0) is 0 Å². The maximum atomic E-state index is 4.95. The van der Waals surface area contributed by atoms with Crippen molar-refractivity contribution in [2.24, 2.45) is 0 Å². The van der Waals surface area contributed by atoms with Crippen molar-refractivity contribution in [3.05, 3.63) is 24.0 Å². The Kier molecular flexibility index (Phi) is 2.41. The zero-order valence-electron chi connectivity index (χ0n) is 7.89. The molecule has 5 heteroatoms. The standard InChI is InChI=1S/C9H9N3OS/c1-6-5-8(14-12-6)7-3-4-10-9(11-7)13-2/h3-5H,1-2H3. The highest BCUT2D eigenvalue weighted by atomic mass is 32.1. The summed E-state index contributed by atoms with van der Waals surface area (Å²) in [6.07, 6.45) is 1.68. The molecule has 0 aliphatic rings. The fraction of sp³-hybridized carbons (Fsp3) is 0.222. The van der Waals surface area contributed by atoms with Crippen molar-refractivity contribution in [3.8, 4) is 16.6 Å². The molecule has 0 aliphatic heterocycles. The topological polar surface area (TPSA) is 47.9 Å². The van der Waals surface area contributed by atoms with E-state index in [1.807, 2.05) is 19.1 Å². The first kappa shape index (κ1) is 9.08. The highest BCUT2D eigenvalue weighted by Crippen LogP contribution is 2.23. The fourth-order valence-electron chi connectivity index (χ4n) is 1.06. The molecule has 0 saturated carbocycles. The van der Waals surface area contributed by atoms with E-state index in [1.54, 1.807) is 13.3 Å². The summed E-state index contributed by atoms with van der Waals surface area (Å²) in [5.74, 6) is 0. The summed E-state index contributed by atoms with van der Waals surface area (Å²) in [4.78, 5) is 9.18. The summed E-state index contributed by atoms with van der Waals surface area (Å²) in [6, 6.07) is 4.22. The molecule has 0 spiro atoms. The van der Waals surface area contributed by atoms with E-state index in [-0.39, 0.29) is 0 Å². The molecule has 0 fully saturated rings. The molecule has 0 N–H and O–H groups in total. The largest absolute Gasteiger partial charge is 0.467 e. The van der Waals surface area contributed by atoms with Crippen LogP contribution in [0.15, 0.2) is 18.3 Å². The van der Waals surface area contributed by atoms with Gasteiger partial charge in [-0.2, -0.15) is 9.36 Å². The third-order valence-corrected chi connectivity index (χ3v) is 2.60. The normalized spacial score (nSPS) is 10.1. The Morgan fingerprint density at radius 3 is 2.93 bits per heavy atom. The number of methoxy groups -OCH3 is 1. The average molecular weight is 207 g/mol. The van der Waals surface area contributed by atoms with Gasteiger partial charge in [0.25, 0.3) is 0 Å². The predicted molar refractivity (Wildman–Crippen MR) is 54.4 cm³/mol. The van der Waals surface area contributed by atoms with Gasteiger partial charge < -0.3 is 4.74 Å². The lowest BCUT2D eigenvalue weighted by atomic mass is 10.3. The minimum Gasteiger partial charge on any atom is -0.467 e. The lowest BCUT2D eigenvalue weighted by Crippen LogP contribution is -1.91. The van der Waals surface area contributed by atoms with Crippen LogP contribution in [-0.4, -0.2) is 21.5 Å².